The van der Waals surface area contributed by atoms with Gasteiger partial charge in [0.05, 0.1) is 11.3 Å². The fourth-order valence-corrected chi connectivity index (χ4v) is 3.37. The predicted molar refractivity (Wildman–Crippen MR) is 122 cm³/mol. The van der Waals surface area contributed by atoms with E-state index in [9.17, 15) is 28.7 Å². The number of nitrogens with one attached hydrogen (secondary N) is 1. The number of nitrogens with two attached hydrogens (primary N) is 1. The number of halogens is 2. The van der Waals surface area contributed by atoms with Crippen molar-refractivity contribution in [2.45, 2.75) is 32.9 Å². The summed E-state index contributed by atoms with van der Waals surface area (Å²) in [5.74, 6) is -3.42. The molecule has 5 N–H and O–H groups in total. The molecule has 0 radical (unpaired) electrons. The molecule has 1 heterocycles. The number of nitrogen functional groups attached to an aromatic ring is 1. The van der Waals surface area contributed by atoms with E-state index < -0.39 is 23.6 Å². The smallest absolute Gasteiger partial charge is 0.284 e. The maximum atomic E-state index is 13.4. The minimum atomic E-state index is -1.99. The van der Waals surface area contributed by atoms with Gasteiger partial charge in [-0.15, -0.1) is 0 Å². The van der Waals surface area contributed by atoms with Gasteiger partial charge in [-0.25, -0.2) is 13.8 Å². The number of aryl methyl sites for hydroxylation is 1. The van der Waals surface area contributed by atoms with E-state index in [-0.39, 0.29) is 39.6 Å². The molecule has 3 rings (SSSR count). The molecule has 0 aliphatic rings. The van der Waals surface area contributed by atoms with Crippen molar-refractivity contribution < 1.29 is 28.7 Å². The standard InChI is InChI=1S/C24H24F2N4O4/c1-12(2)29-23(32)20-9-15(11-28-22(20)27)19-5-4-18(6-13(19)3)30(34)24(33)21(31)14-7-16(25)10-17(26)8-14/h4-12,21,31,34H,1-3H3,(H2,27,28)(H,29,32)/t21-/m0/s1. The lowest BCUT2D eigenvalue weighted by atomic mass is 9.99. The van der Waals surface area contributed by atoms with E-state index in [0.29, 0.717) is 22.8 Å². The molecule has 2 aromatic carbocycles. The first-order valence-electron chi connectivity index (χ1n) is 10.3. The number of anilines is 2. The minimum absolute atomic E-state index is 0.0170. The topological polar surface area (TPSA) is 129 Å². The normalized spacial score (nSPS) is 11.9. The van der Waals surface area contributed by atoms with Gasteiger partial charge in [0.2, 0.25) is 0 Å². The van der Waals surface area contributed by atoms with Crippen LogP contribution < -0.4 is 16.1 Å². The molecule has 0 unspecified atom stereocenters. The number of aliphatic hydroxyl groups is 1. The first kappa shape index (κ1) is 24.7. The molecule has 0 fully saturated rings. The third-order valence-electron chi connectivity index (χ3n) is 4.99. The van der Waals surface area contributed by atoms with Gasteiger partial charge in [-0.3, -0.25) is 14.8 Å². The lowest BCUT2D eigenvalue weighted by Crippen LogP contribution is -2.32. The van der Waals surface area contributed by atoms with Crippen LogP contribution in [-0.4, -0.2) is 33.2 Å². The zero-order valence-electron chi connectivity index (χ0n) is 18.7. The van der Waals surface area contributed by atoms with E-state index in [1.807, 2.05) is 13.8 Å². The van der Waals surface area contributed by atoms with E-state index in [4.69, 9.17) is 5.73 Å². The van der Waals surface area contributed by atoms with Gasteiger partial charge >= 0.3 is 0 Å². The number of hydrogen-bond donors (Lipinski definition) is 4. The molecule has 1 aromatic heterocycles. The number of pyridine rings is 1. The van der Waals surface area contributed by atoms with Gasteiger partial charge in [0, 0.05) is 23.9 Å². The molecule has 0 aliphatic heterocycles. The Bertz CT molecular complexity index is 1230. The van der Waals surface area contributed by atoms with Crippen LogP contribution in [0.15, 0.2) is 48.7 Å². The molecule has 10 heteroatoms. The maximum absolute atomic E-state index is 13.4. The number of aromatic nitrogens is 1. The van der Waals surface area contributed by atoms with Crippen LogP contribution in [0, 0.1) is 18.6 Å². The second-order valence-corrected chi connectivity index (χ2v) is 8.04. The van der Waals surface area contributed by atoms with Crippen molar-refractivity contribution in [1.29, 1.82) is 0 Å². The highest BCUT2D eigenvalue weighted by Crippen LogP contribution is 2.29. The van der Waals surface area contributed by atoms with Crippen molar-refractivity contribution in [3.8, 4) is 11.1 Å². The summed E-state index contributed by atoms with van der Waals surface area (Å²) in [7, 11) is 0. The van der Waals surface area contributed by atoms with Gasteiger partial charge < -0.3 is 16.2 Å². The van der Waals surface area contributed by atoms with Gasteiger partial charge in [0.1, 0.15) is 17.5 Å². The summed E-state index contributed by atoms with van der Waals surface area (Å²) in [6.07, 6.45) is -0.494. The fourth-order valence-electron chi connectivity index (χ4n) is 3.37. The maximum Gasteiger partial charge on any atom is 0.284 e. The SMILES string of the molecule is Cc1cc(N(O)C(=O)[C@@H](O)c2cc(F)cc(F)c2)ccc1-c1cnc(N)c(C(=O)NC(C)C)c1. The van der Waals surface area contributed by atoms with Crippen molar-refractivity contribution in [2.75, 3.05) is 10.8 Å². The number of amides is 2. The fraction of sp³-hybridized carbons (Fsp3) is 0.208. The number of carbonyl (C=O) groups excluding carboxylic acids is 2. The van der Waals surface area contributed by atoms with Crippen molar-refractivity contribution in [2.24, 2.45) is 0 Å². The van der Waals surface area contributed by atoms with Crippen molar-refractivity contribution in [3.63, 3.8) is 0 Å². The number of hydrogen-bond acceptors (Lipinski definition) is 6. The number of rotatable bonds is 6. The molecule has 0 spiro atoms. The molecule has 34 heavy (non-hydrogen) atoms. The first-order chi connectivity index (χ1) is 16.0. The Hall–Kier alpha value is -3.89. The van der Waals surface area contributed by atoms with E-state index in [0.717, 1.165) is 12.1 Å². The Balaban J connectivity index is 1.87. The minimum Gasteiger partial charge on any atom is -0.383 e. The average molecular weight is 470 g/mol. The van der Waals surface area contributed by atoms with E-state index in [1.165, 1.54) is 18.3 Å². The highest BCUT2D eigenvalue weighted by Gasteiger charge is 2.25. The molecule has 0 bridgehead atoms. The van der Waals surface area contributed by atoms with Crippen LogP contribution >= 0.6 is 0 Å². The van der Waals surface area contributed by atoms with Gasteiger partial charge in [-0.1, -0.05) is 6.07 Å². The summed E-state index contributed by atoms with van der Waals surface area (Å²) in [6, 6.07) is 8.16. The van der Waals surface area contributed by atoms with Crippen LogP contribution in [0.25, 0.3) is 11.1 Å². The molecule has 1 atom stereocenters. The Labute approximate surface area is 194 Å². The van der Waals surface area contributed by atoms with Crippen molar-refractivity contribution in [1.82, 2.24) is 10.3 Å². The molecule has 2 amide bonds. The third kappa shape index (κ3) is 5.36. The van der Waals surface area contributed by atoms with E-state index >= 15 is 0 Å². The summed E-state index contributed by atoms with van der Waals surface area (Å²) in [5.41, 5.74) is 7.59. The van der Waals surface area contributed by atoms with Crippen molar-refractivity contribution >= 4 is 23.3 Å². The number of hydroxylamine groups is 1. The average Bonchev–Trinajstić information content (AvgIpc) is 2.76. The lowest BCUT2D eigenvalue weighted by molar-refractivity contribution is -0.132. The Morgan fingerprint density at radius 2 is 1.74 bits per heavy atom. The lowest BCUT2D eigenvalue weighted by Gasteiger charge is -2.20. The highest BCUT2D eigenvalue weighted by atomic mass is 19.1. The summed E-state index contributed by atoms with van der Waals surface area (Å²) >= 11 is 0. The quantitative estimate of drug-likeness (QED) is 0.322. The summed E-state index contributed by atoms with van der Waals surface area (Å²) in [4.78, 5) is 29.0. The number of nitrogens with zero attached hydrogens (tertiary/aromatic N) is 2. The molecule has 0 aliphatic carbocycles. The van der Waals surface area contributed by atoms with Crippen LogP contribution in [0.5, 0.6) is 0 Å². The molecule has 178 valence electrons. The van der Waals surface area contributed by atoms with Crippen LogP contribution in [-0.2, 0) is 4.79 Å². The van der Waals surface area contributed by atoms with Crippen LogP contribution in [0.2, 0.25) is 0 Å². The van der Waals surface area contributed by atoms with Gasteiger partial charge in [0.15, 0.2) is 6.10 Å². The largest absolute Gasteiger partial charge is 0.383 e. The van der Waals surface area contributed by atoms with E-state index in [1.54, 1.807) is 19.1 Å². The molecule has 8 nitrogen and oxygen atoms in total. The van der Waals surface area contributed by atoms with Crippen LogP contribution in [0.3, 0.4) is 0 Å². The van der Waals surface area contributed by atoms with Gasteiger partial charge in [-0.05, 0) is 67.8 Å². The van der Waals surface area contributed by atoms with Gasteiger partial charge in [-0.2, -0.15) is 5.06 Å². The van der Waals surface area contributed by atoms with Crippen molar-refractivity contribution in [3.05, 3.63) is 77.0 Å². The Kier molecular flexibility index (Phi) is 7.23. The summed E-state index contributed by atoms with van der Waals surface area (Å²) in [6.45, 7) is 5.34. The van der Waals surface area contributed by atoms with Crippen LogP contribution in [0.1, 0.15) is 41.4 Å². The predicted octanol–water partition coefficient (Wildman–Crippen LogP) is 3.51. The molecular formula is C24H24F2N4O4. The monoisotopic (exact) mass is 470 g/mol. The number of benzene rings is 2. The molecular weight excluding hydrogens is 446 g/mol. The third-order valence-corrected chi connectivity index (χ3v) is 4.99. The summed E-state index contributed by atoms with van der Waals surface area (Å²) < 4.78 is 26.8. The Morgan fingerprint density at radius 3 is 2.32 bits per heavy atom. The van der Waals surface area contributed by atoms with Crippen LogP contribution in [0.4, 0.5) is 20.3 Å². The zero-order chi connectivity index (χ0) is 25.2. The second-order valence-electron chi connectivity index (χ2n) is 8.04. The molecule has 0 saturated heterocycles. The Morgan fingerprint density at radius 1 is 1.09 bits per heavy atom. The van der Waals surface area contributed by atoms with E-state index in [2.05, 4.69) is 10.3 Å². The molecule has 0 saturated carbocycles. The van der Waals surface area contributed by atoms with Gasteiger partial charge in [0.25, 0.3) is 11.8 Å². The number of carbonyl (C=O) groups is 2. The zero-order valence-corrected chi connectivity index (χ0v) is 18.7. The summed E-state index contributed by atoms with van der Waals surface area (Å²) in [5, 5.41) is 23.5. The first-order valence-corrected chi connectivity index (χ1v) is 10.3. The molecule has 3 aromatic rings. The second kappa shape index (κ2) is 9.94. The highest BCUT2D eigenvalue weighted by molar-refractivity contribution is 6.00. The number of aliphatic hydroxyl groups excluding tert-OH is 1.